The van der Waals surface area contributed by atoms with Crippen LogP contribution in [-0.2, 0) is 11.3 Å². The predicted octanol–water partition coefficient (Wildman–Crippen LogP) is 4.37. The van der Waals surface area contributed by atoms with Crippen LogP contribution in [0, 0.1) is 5.82 Å². The molecule has 2 aromatic rings. The van der Waals surface area contributed by atoms with Gasteiger partial charge in [-0.3, -0.25) is 4.90 Å². The summed E-state index contributed by atoms with van der Waals surface area (Å²) in [6.07, 6.45) is 0.343. The second kappa shape index (κ2) is 9.29. The van der Waals surface area contributed by atoms with E-state index in [1.807, 2.05) is 45.0 Å². The van der Waals surface area contributed by atoms with Gasteiger partial charge in [0, 0.05) is 32.7 Å². The minimum atomic E-state index is -0.546. The van der Waals surface area contributed by atoms with Crippen LogP contribution in [0.3, 0.4) is 0 Å². The largest absolute Gasteiger partial charge is 0.444 e. The molecule has 0 bridgehead atoms. The quantitative estimate of drug-likeness (QED) is 0.748. The van der Waals surface area contributed by atoms with Crippen LogP contribution in [0.15, 0.2) is 48.5 Å². The van der Waals surface area contributed by atoms with Crippen LogP contribution in [0.25, 0.3) is 0 Å². The fourth-order valence-corrected chi connectivity index (χ4v) is 4.23. The summed E-state index contributed by atoms with van der Waals surface area (Å²) in [6, 6.07) is 14.0. The minimum Gasteiger partial charge on any atom is -0.444 e. The Balaban J connectivity index is 1.40. The summed E-state index contributed by atoms with van der Waals surface area (Å²) in [5, 5.41) is 3.09. The Bertz CT molecular complexity index is 1010. The molecule has 0 radical (unpaired) electrons. The Morgan fingerprint density at radius 1 is 1.03 bits per heavy atom. The molecule has 2 aliphatic rings. The third kappa shape index (κ3) is 5.56. The van der Waals surface area contributed by atoms with Crippen molar-refractivity contribution in [3.05, 3.63) is 59.9 Å². The lowest BCUT2D eigenvalue weighted by molar-refractivity contribution is 0.0291. The first-order chi connectivity index (χ1) is 15.7. The molecular formula is C25H31FN4O3. The Labute approximate surface area is 194 Å². The highest BCUT2D eigenvalue weighted by Crippen LogP contribution is 2.34. The van der Waals surface area contributed by atoms with Gasteiger partial charge in [0.05, 0.1) is 17.4 Å². The first-order valence-corrected chi connectivity index (χ1v) is 11.3. The maximum absolute atomic E-state index is 13.3. The summed E-state index contributed by atoms with van der Waals surface area (Å²) in [6.45, 7) is 8.35. The Kier molecular flexibility index (Phi) is 6.44. The Hall–Kier alpha value is -3.29. The van der Waals surface area contributed by atoms with E-state index in [1.54, 1.807) is 21.9 Å². The summed E-state index contributed by atoms with van der Waals surface area (Å²) in [7, 11) is 0. The van der Waals surface area contributed by atoms with Crippen molar-refractivity contribution < 1.29 is 18.7 Å². The SMILES string of the molecule is CC(C)(C)OC(=O)N1CC[C@@H](NC(=O)N2CCN(Cc3ccc(F)cc3)c3ccccc32)C1. The number of amides is 3. The summed E-state index contributed by atoms with van der Waals surface area (Å²) in [4.78, 5) is 31.1. The number of nitrogens with zero attached hydrogens (tertiary/aromatic N) is 3. The average Bonchev–Trinajstić information content (AvgIpc) is 3.23. The molecule has 1 N–H and O–H groups in total. The number of nitrogens with one attached hydrogen (secondary N) is 1. The van der Waals surface area contributed by atoms with Crippen LogP contribution < -0.4 is 15.1 Å². The monoisotopic (exact) mass is 454 g/mol. The van der Waals surface area contributed by atoms with E-state index in [1.165, 1.54) is 12.1 Å². The molecule has 0 aliphatic carbocycles. The second-order valence-corrected chi connectivity index (χ2v) is 9.55. The van der Waals surface area contributed by atoms with Crippen molar-refractivity contribution in [2.75, 3.05) is 36.0 Å². The molecule has 3 amide bonds. The van der Waals surface area contributed by atoms with Crippen LogP contribution in [0.5, 0.6) is 0 Å². The molecule has 8 heteroatoms. The highest BCUT2D eigenvalue weighted by molar-refractivity contribution is 5.97. The molecule has 2 aromatic carbocycles. The lowest BCUT2D eigenvalue weighted by Crippen LogP contribution is -2.51. The third-order valence-corrected chi connectivity index (χ3v) is 5.81. The number of anilines is 2. The van der Waals surface area contributed by atoms with E-state index < -0.39 is 5.60 Å². The van der Waals surface area contributed by atoms with Crippen molar-refractivity contribution in [2.45, 2.75) is 45.4 Å². The van der Waals surface area contributed by atoms with Crippen molar-refractivity contribution >= 4 is 23.5 Å². The molecule has 4 rings (SSSR count). The van der Waals surface area contributed by atoms with E-state index in [4.69, 9.17) is 4.74 Å². The number of urea groups is 1. The van der Waals surface area contributed by atoms with Gasteiger partial charge in [0.2, 0.25) is 0 Å². The number of fused-ring (bicyclic) bond motifs is 1. The molecule has 1 fully saturated rings. The lowest BCUT2D eigenvalue weighted by Gasteiger charge is -2.38. The molecule has 0 saturated carbocycles. The molecule has 0 spiro atoms. The zero-order chi connectivity index (χ0) is 23.6. The first kappa shape index (κ1) is 22.9. The van der Waals surface area contributed by atoms with Crippen molar-refractivity contribution in [1.29, 1.82) is 0 Å². The zero-order valence-corrected chi connectivity index (χ0v) is 19.4. The smallest absolute Gasteiger partial charge is 0.410 e. The van der Waals surface area contributed by atoms with Crippen LogP contribution in [0.2, 0.25) is 0 Å². The van der Waals surface area contributed by atoms with Crippen molar-refractivity contribution in [3.8, 4) is 0 Å². The van der Waals surface area contributed by atoms with Gasteiger partial charge in [0.15, 0.2) is 0 Å². The maximum atomic E-state index is 13.3. The van der Waals surface area contributed by atoms with E-state index in [0.29, 0.717) is 39.1 Å². The van der Waals surface area contributed by atoms with Gasteiger partial charge in [-0.2, -0.15) is 0 Å². The topological polar surface area (TPSA) is 65.1 Å². The zero-order valence-electron chi connectivity index (χ0n) is 19.4. The standard InChI is InChI=1S/C25H31FN4O3/c1-25(2,3)33-24(32)29-13-12-20(17-29)27-23(31)30-15-14-28(21-6-4-5-7-22(21)30)16-18-8-10-19(26)11-9-18/h4-11,20H,12-17H2,1-3H3,(H,27,31)/t20-/m1/s1. The number of hydrogen-bond donors (Lipinski definition) is 1. The van der Waals surface area contributed by atoms with Crippen molar-refractivity contribution in [2.24, 2.45) is 0 Å². The molecule has 1 saturated heterocycles. The van der Waals surface area contributed by atoms with E-state index in [2.05, 4.69) is 10.2 Å². The number of carbonyl (C=O) groups is 2. The second-order valence-electron chi connectivity index (χ2n) is 9.55. The van der Waals surface area contributed by atoms with Gasteiger partial charge in [-0.05, 0) is 57.0 Å². The molecule has 176 valence electrons. The Morgan fingerprint density at radius 3 is 2.42 bits per heavy atom. The van der Waals surface area contributed by atoms with Gasteiger partial charge in [0.1, 0.15) is 11.4 Å². The fourth-order valence-electron chi connectivity index (χ4n) is 4.23. The maximum Gasteiger partial charge on any atom is 0.410 e. The van der Waals surface area contributed by atoms with Crippen molar-refractivity contribution in [1.82, 2.24) is 10.2 Å². The van der Waals surface area contributed by atoms with Gasteiger partial charge < -0.3 is 19.9 Å². The molecule has 2 heterocycles. The summed E-state index contributed by atoms with van der Waals surface area (Å²) < 4.78 is 18.7. The summed E-state index contributed by atoms with van der Waals surface area (Å²) in [5.41, 5.74) is 2.27. The van der Waals surface area contributed by atoms with Crippen LogP contribution in [0.1, 0.15) is 32.8 Å². The number of hydrogen-bond acceptors (Lipinski definition) is 4. The van der Waals surface area contributed by atoms with Crippen LogP contribution >= 0.6 is 0 Å². The number of benzene rings is 2. The van der Waals surface area contributed by atoms with Crippen molar-refractivity contribution in [3.63, 3.8) is 0 Å². The molecule has 0 aromatic heterocycles. The first-order valence-electron chi connectivity index (χ1n) is 11.3. The molecule has 0 unspecified atom stereocenters. The highest BCUT2D eigenvalue weighted by Gasteiger charge is 2.33. The normalized spacial score (nSPS) is 18.2. The van der Waals surface area contributed by atoms with Crippen LogP contribution in [-0.4, -0.2) is 54.8 Å². The average molecular weight is 455 g/mol. The number of ether oxygens (including phenoxy) is 1. The van der Waals surface area contributed by atoms with E-state index in [9.17, 15) is 14.0 Å². The summed E-state index contributed by atoms with van der Waals surface area (Å²) in [5.74, 6) is -0.252. The molecular weight excluding hydrogens is 423 g/mol. The Morgan fingerprint density at radius 2 is 1.73 bits per heavy atom. The van der Waals surface area contributed by atoms with Crippen LogP contribution in [0.4, 0.5) is 25.4 Å². The van der Waals surface area contributed by atoms with Gasteiger partial charge in [-0.15, -0.1) is 0 Å². The van der Waals surface area contributed by atoms with Gasteiger partial charge in [0.25, 0.3) is 0 Å². The predicted molar refractivity (Wildman–Crippen MR) is 126 cm³/mol. The van der Waals surface area contributed by atoms with E-state index in [-0.39, 0.29) is 24.0 Å². The molecule has 2 aliphatic heterocycles. The minimum absolute atomic E-state index is 0.116. The number of rotatable bonds is 3. The highest BCUT2D eigenvalue weighted by atomic mass is 19.1. The third-order valence-electron chi connectivity index (χ3n) is 5.81. The number of para-hydroxylation sites is 2. The van der Waals surface area contributed by atoms with E-state index in [0.717, 1.165) is 16.9 Å². The summed E-state index contributed by atoms with van der Waals surface area (Å²) >= 11 is 0. The number of carbonyl (C=O) groups excluding carboxylic acids is 2. The fraction of sp³-hybridized carbons (Fsp3) is 0.440. The number of halogens is 1. The molecule has 33 heavy (non-hydrogen) atoms. The van der Waals surface area contributed by atoms with Gasteiger partial charge in [-0.1, -0.05) is 24.3 Å². The van der Waals surface area contributed by atoms with Gasteiger partial charge >= 0.3 is 12.1 Å². The lowest BCUT2D eigenvalue weighted by atomic mass is 10.1. The molecule has 1 atom stereocenters. The molecule has 7 nitrogen and oxygen atoms in total. The van der Waals surface area contributed by atoms with Gasteiger partial charge in [-0.25, -0.2) is 14.0 Å². The van der Waals surface area contributed by atoms with E-state index >= 15 is 0 Å². The number of likely N-dealkylation sites (tertiary alicyclic amines) is 1.